The molecule has 2 aromatic heterocycles. The van der Waals surface area contributed by atoms with E-state index in [-0.39, 0.29) is 10.8 Å². The highest BCUT2D eigenvalue weighted by atomic mass is 15.0. The van der Waals surface area contributed by atoms with Crippen LogP contribution in [-0.4, -0.2) is 9.13 Å². The van der Waals surface area contributed by atoms with Gasteiger partial charge in [-0.25, -0.2) is 0 Å². The Bertz CT molecular complexity index is 2860. The molecule has 0 spiro atoms. The molecule has 0 saturated heterocycles. The summed E-state index contributed by atoms with van der Waals surface area (Å²) in [5.41, 5.74) is 22.9. The Morgan fingerprint density at radius 2 is 0.732 bits per heavy atom. The minimum Gasteiger partial charge on any atom is -0.309 e. The predicted molar refractivity (Wildman–Crippen MR) is 236 cm³/mol. The van der Waals surface area contributed by atoms with E-state index < -0.39 is 0 Å². The molecule has 11 rings (SSSR count). The fraction of sp³-hybridized carbons (Fsp3) is 0.148. The first-order chi connectivity index (χ1) is 27.1. The van der Waals surface area contributed by atoms with E-state index in [4.69, 9.17) is 0 Å². The lowest BCUT2D eigenvalue weighted by Crippen LogP contribution is -2.15. The zero-order valence-electron chi connectivity index (χ0n) is 32.9. The molecule has 0 amide bonds. The normalized spacial score (nSPS) is 14.5. The maximum Gasteiger partial charge on any atom is 0.0542 e. The highest BCUT2D eigenvalue weighted by Gasteiger charge is 2.37. The maximum atomic E-state index is 2.50. The second-order valence-electron chi connectivity index (χ2n) is 17.2. The molecule has 56 heavy (non-hydrogen) atoms. The SMILES string of the molecule is Cc1ccc(-c2cc3cc4c(cc(-c5ccc(C)cc5)n4-c4ccc5c(c4)C(C)(C)c4ccccc4-5)cc3n2-c2ccc3c(c2)C(C)(C)c2ccccc2-3)cc1. The fourth-order valence-electron chi connectivity index (χ4n) is 10.0. The number of benzene rings is 7. The Balaban J connectivity index is 1.17. The molecule has 2 nitrogen and oxygen atoms in total. The second-order valence-corrected chi connectivity index (χ2v) is 17.2. The van der Waals surface area contributed by atoms with Gasteiger partial charge in [0.25, 0.3) is 0 Å². The topological polar surface area (TPSA) is 9.86 Å². The van der Waals surface area contributed by atoms with Gasteiger partial charge in [0, 0.05) is 33.0 Å². The van der Waals surface area contributed by atoms with E-state index in [1.54, 1.807) is 0 Å². The molecular weight excluding hydrogens is 677 g/mol. The number of aromatic nitrogens is 2. The molecule has 2 heteroatoms. The molecule has 9 aromatic rings. The molecule has 0 radical (unpaired) electrons. The van der Waals surface area contributed by atoms with Gasteiger partial charge in [0.1, 0.15) is 0 Å². The van der Waals surface area contributed by atoms with Crippen molar-refractivity contribution in [3.05, 3.63) is 191 Å². The monoisotopic (exact) mass is 720 g/mol. The average molecular weight is 721 g/mol. The van der Waals surface area contributed by atoms with E-state index in [1.807, 2.05) is 0 Å². The molecule has 2 heterocycles. The highest BCUT2D eigenvalue weighted by Crippen LogP contribution is 2.51. The summed E-state index contributed by atoms with van der Waals surface area (Å²) >= 11 is 0. The molecule has 2 aliphatic carbocycles. The van der Waals surface area contributed by atoms with Crippen LogP contribution in [0.5, 0.6) is 0 Å². The van der Waals surface area contributed by atoms with Gasteiger partial charge in [0.05, 0.1) is 22.4 Å². The molecule has 2 aliphatic rings. The molecule has 0 aliphatic heterocycles. The zero-order chi connectivity index (χ0) is 38.1. The van der Waals surface area contributed by atoms with E-state index in [0.29, 0.717) is 0 Å². The molecule has 0 saturated carbocycles. The number of aryl methyl sites for hydroxylation is 2. The second kappa shape index (κ2) is 11.6. The van der Waals surface area contributed by atoms with Gasteiger partial charge in [-0.3, -0.25) is 0 Å². The van der Waals surface area contributed by atoms with Crippen LogP contribution in [0.2, 0.25) is 0 Å². The van der Waals surface area contributed by atoms with Crippen molar-refractivity contribution in [3.63, 3.8) is 0 Å². The van der Waals surface area contributed by atoms with Crippen LogP contribution in [0.25, 0.3) is 77.9 Å². The standard InChI is InChI=1S/C54H44N2/c1-33-15-19-35(20-16-33)49-27-37-29-52-38(30-51(37)55(49)39-23-25-43-41-11-7-9-13-45(41)53(3,4)47(43)31-39)28-50(36-21-17-34(2)18-22-36)56(52)40-24-26-44-42-12-8-10-14-46(42)54(5,6)48(44)32-40/h7-32H,1-6H3. The van der Waals surface area contributed by atoms with Crippen LogP contribution >= 0.6 is 0 Å². The van der Waals surface area contributed by atoms with Crippen molar-refractivity contribution in [2.75, 3.05) is 0 Å². The van der Waals surface area contributed by atoms with Crippen molar-refractivity contribution >= 4 is 21.8 Å². The van der Waals surface area contributed by atoms with Gasteiger partial charge in [-0.2, -0.15) is 0 Å². The van der Waals surface area contributed by atoms with Crippen LogP contribution in [0.4, 0.5) is 0 Å². The van der Waals surface area contributed by atoms with Gasteiger partial charge < -0.3 is 9.13 Å². The smallest absolute Gasteiger partial charge is 0.0542 e. The van der Waals surface area contributed by atoms with Gasteiger partial charge in [-0.15, -0.1) is 0 Å². The molecule has 0 fully saturated rings. The predicted octanol–water partition coefficient (Wildman–Crippen LogP) is 14.1. The molecule has 0 unspecified atom stereocenters. The first kappa shape index (κ1) is 33.0. The van der Waals surface area contributed by atoms with Crippen LogP contribution in [-0.2, 0) is 10.8 Å². The number of nitrogens with zero attached hydrogens (tertiary/aromatic N) is 2. The zero-order valence-corrected chi connectivity index (χ0v) is 32.9. The molecule has 0 N–H and O–H groups in total. The summed E-state index contributed by atoms with van der Waals surface area (Å²) in [5, 5.41) is 2.44. The van der Waals surface area contributed by atoms with Gasteiger partial charge in [-0.05, 0) is 118 Å². The van der Waals surface area contributed by atoms with Crippen LogP contribution in [0, 0.1) is 13.8 Å². The number of hydrogen-bond acceptors (Lipinski definition) is 0. The van der Waals surface area contributed by atoms with E-state index in [9.17, 15) is 0 Å². The average Bonchev–Trinajstić information content (AvgIpc) is 3.90. The Morgan fingerprint density at radius 1 is 0.357 bits per heavy atom. The Kier molecular flexibility index (Phi) is 6.82. The summed E-state index contributed by atoms with van der Waals surface area (Å²) in [7, 11) is 0. The number of fused-ring (bicyclic) bond motifs is 8. The van der Waals surface area contributed by atoms with E-state index in [0.717, 1.165) is 0 Å². The largest absolute Gasteiger partial charge is 0.309 e. The lowest BCUT2D eigenvalue weighted by molar-refractivity contribution is 0.659. The van der Waals surface area contributed by atoms with Crippen molar-refractivity contribution in [2.24, 2.45) is 0 Å². The lowest BCUT2D eigenvalue weighted by Gasteiger charge is -2.22. The maximum absolute atomic E-state index is 2.50. The lowest BCUT2D eigenvalue weighted by atomic mass is 9.82. The first-order valence-electron chi connectivity index (χ1n) is 19.9. The van der Waals surface area contributed by atoms with Crippen LogP contribution < -0.4 is 0 Å². The Hall–Kier alpha value is -6.38. The minimum atomic E-state index is -0.0892. The van der Waals surface area contributed by atoms with Crippen LogP contribution in [0.3, 0.4) is 0 Å². The van der Waals surface area contributed by atoms with Crippen molar-refractivity contribution in [2.45, 2.75) is 52.4 Å². The molecular formula is C54H44N2. The third-order valence-electron chi connectivity index (χ3n) is 13.1. The minimum absolute atomic E-state index is 0.0892. The van der Waals surface area contributed by atoms with Gasteiger partial charge in [0.2, 0.25) is 0 Å². The van der Waals surface area contributed by atoms with Crippen molar-refractivity contribution in [1.29, 1.82) is 0 Å². The quantitative estimate of drug-likeness (QED) is 0.171. The summed E-state index contributed by atoms with van der Waals surface area (Å²) in [6.45, 7) is 13.8. The third-order valence-corrected chi connectivity index (χ3v) is 13.1. The van der Waals surface area contributed by atoms with Gasteiger partial charge >= 0.3 is 0 Å². The van der Waals surface area contributed by atoms with E-state index in [2.05, 4.69) is 208 Å². The number of rotatable bonds is 4. The summed E-state index contributed by atoms with van der Waals surface area (Å²) < 4.78 is 4.99. The molecule has 0 atom stereocenters. The summed E-state index contributed by atoms with van der Waals surface area (Å²) in [6.07, 6.45) is 0. The van der Waals surface area contributed by atoms with Gasteiger partial charge in [-0.1, -0.05) is 148 Å². The third kappa shape index (κ3) is 4.62. The Labute approximate surface area is 329 Å². The Morgan fingerprint density at radius 3 is 1.14 bits per heavy atom. The van der Waals surface area contributed by atoms with Crippen LogP contribution in [0.15, 0.2) is 158 Å². The van der Waals surface area contributed by atoms with Gasteiger partial charge in [0.15, 0.2) is 0 Å². The molecule has 270 valence electrons. The van der Waals surface area contributed by atoms with E-state index >= 15 is 0 Å². The molecule has 7 aromatic carbocycles. The van der Waals surface area contributed by atoms with E-state index in [1.165, 1.54) is 111 Å². The molecule has 0 bridgehead atoms. The van der Waals surface area contributed by atoms with Crippen molar-refractivity contribution in [1.82, 2.24) is 9.13 Å². The summed E-state index contributed by atoms with van der Waals surface area (Å²) in [5.74, 6) is 0. The number of hydrogen-bond donors (Lipinski definition) is 0. The summed E-state index contributed by atoms with van der Waals surface area (Å²) in [6, 6.07) is 59.7. The summed E-state index contributed by atoms with van der Waals surface area (Å²) in [4.78, 5) is 0. The van der Waals surface area contributed by atoms with Crippen LogP contribution in [0.1, 0.15) is 61.1 Å². The van der Waals surface area contributed by atoms with Crippen molar-refractivity contribution < 1.29 is 0 Å². The first-order valence-corrected chi connectivity index (χ1v) is 19.9. The van der Waals surface area contributed by atoms with Crippen molar-refractivity contribution in [3.8, 4) is 56.1 Å². The fourth-order valence-corrected chi connectivity index (χ4v) is 10.0. The highest BCUT2D eigenvalue weighted by molar-refractivity contribution is 6.02.